The van der Waals surface area contributed by atoms with Gasteiger partial charge in [0, 0.05) is 6.54 Å². The molecule has 0 atom stereocenters. The SMILES string of the molecule is Nc1cnn(CC(=O)NCC2CC2)n1. The standard InChI is InChI=1S/C8H13N5O/c9-7-4-11-13(12-7)5-8(14)10-3-6-1-2-6/h4,6H,1-3,5H2,(H2,9,12)(H,10,14). The second-order valence-electron chi connectivity index (χ2n) is 3.55. The largest absolute Gasteiger partial charge is 0.381 e. The van der Waals surface area contributed by atoms with Gasteiger partial charge in [-0.05, 0) is 18.8 Å². The zero-order chi connectivity index (χ0) is 9.97. The minimum absolute atomic E-state index is 0.0625. The maximum Gasteiger partial charge on any atom is 0.243 e. The highest BCUT2D eigenvalue weighted by molar-refractivity contribution is 5.75. The average Bonchev–Trinajstić information content (AvgIpc) is 2.88. The highest BCUT2D eigenvalue weighted by Gasteiger charge is 2.21. The second kappa shape index (κ2) is 3.65. The third-order valence-corrected chi connectivity index (χ3v) is 2.12. The third-order valence-electron chi connectivity index (χ3n) is 2.12. The number of rotatable bonds is 4. The fourth-order valence-electron chi connectivity index (χ4n) is 1.15. The van der Waals surface area contributed by atoms with Gasteiger partial charge < -0.3 is 11.1 Å². The molecule has 1 saturated carbocycles. The van der Waals surface area contributed by atoms with E-state index in [1.807, 2.05) is 0 Å². The summed E-state index contributed by atoms with van der Waals surface area (Å²) < 4.78 is 0. The van der Waals surface area contributed by atoms with Crippen molar-refractivity contribution in [2.75, 3.05) is 12.3 Å². The van der Waals surface area contributed by atoms with Gasteiger partial charge in [-0.3, -0.25) is 4.79 Å². The molecule has 0 unspecified atom stereocenters. The molecule has 1 heterocycles. The summed E-state index contributed by atoms with van der Waals surface area (Å²) in [6, 6.07) is 0. The minimum Gasteiger partial charge on any atom is -0.381 e. The lowest BCUT2D eigenvalue weighted by atomic mass is 10.4. The van der Waals surface area contributed by atoms with Gasteiger partial charge in [-0.2, -0.15) is 9.90 Å². The first-order valence-electron chi connectivity index (χ1n) is 4.66. The van der Waals surface area contributed by atoms with E-state index in [0.29, 0.717) is 11.7 Å². The van der Waals surface area contributed by atoms with E-state index >= 15 is 0 Å². The molecule has 0 spiro atoms. The molecule has 1 amide bonds. The first-order valence-corrected chi connectivity index (χ1v) is 4.66. The quantitative estimate of drug-likeness (QED) is 0.670. The van der Waals surface area contributed by atoms with Gasteiger partial charge >= 0.3 is 0 Å². The number of nitrogen functional groups attached to an aromatic ring is 1. The summed E-state index contributed by atoms with van der Waals surface area (Å²) in [5, 5.41) is 10.5. The van der Waals surface area contributed by atoms with Crippen LogP contribution in [0.4, 0.5) is 5.82 Å². The summed E-state index contributed by atoms with van der Waals surface area (Å²) in [7, 11) is 0. The molecule has 0 saturated heterocycles. The molecule has 76 valence electrons. The van der Waals surface area contributed by atoms with Gasteiger partial charge in [-0.25, -0.2) is 0 Å². The minimum atomic E-state index is -0.0625. The molecule has 1 aliphatic rings. The molecule has 2 rings (SSSR count). The molecule has 1 fully saturated rings. The first kappa shape index (κ1) is 8.98. The van der Waals surface area contributed by atoms with Crippen molar-refractivity contribution < 1.29 is 4.79 Å². The predicted octanol–water partition coefficient (Wildman–Crippen LogP) is -0.614. The number of hydrogen-bond donors (Lipinski definition) is 2. The summed E-state index contributed by atoms with van der Waals surface area (Å²) in [6.07, 6.45) is 3.88. The molecule has 0 radical (unpaired) electrons. The van der Waals surface area contributed by atoms with Crippen molar-refractivity contribution in [3.05, 3.63) is 6.20 Å². The van der Waals surface area contributed by atoms with E-state index < -0.39 is 0 Å². The number of nitrogens with two attached hydrogens (primary N) is 1. The van der Waals surface area contributed by atoms with Crippen LogP contribution in [-0.2, 0) is 11.3 Å². The zero-order valence-electron chi connectivity index (χ0n) is 7.81. The molecule has 6 nitrogen and oxygen atoms in total. The maximum absolute atomic E-state index is 11.3. The molecule has 0 aromatic carbocycles. The van der Waals surface area contributed by atoms with Crippen LogP contribution in [0, 0.1) is 5.92 Å². The van der Waals surface area contributed by atoms with Crippen molar-refractivity contribution in [1.29, 1.82) is 0 Å². The van der Waals surface area contributed by atoms with Crippen molar-refractivity contribution >= 4 is 11.7 Å². The van der Waals surface area contributed by atoms with Crippen LogP contribution in [-0.4, -0.2) is 27.4 Å². The Morgan fingerprint density at radius 1 is 1.71 bits per heavy atom. The first-order chi connectivity index (χ1) is 6.74. The maximum atomic E-state index is 11.3. The molecule has 1 aromatic heterocycles. The number of nitrogens with one attached hydrogen (secondary N) is 1. The highest BCUT2D eigenvalue weighted by atomic mass is 16.2. The predicted molar refractivity (Wildman–Crippen MR) is 50.2 cm³/mol. The Hall–Kier alpha value is -1.59. The number of aromatic nitrogens is 3. The second-order valence-corrected chi connectivity index (χ2v) is 3.55. The summed E-state index contributed by atoms with van der Waals surface area (Å²) in [5.41, 5.74) is 5.36. The van der Waals surface area contributed by atoms with Gasteiger partial charge in [0.25, 0.3) is 0 Å². The summed E-state index contributed by atoms with van der Waals surface area (Å²) in [5.74, 6) is 0.960. The molecule has 0 bridgehead atoms. The lowest BCUT2D eigenvalue weighted by Crippen LogP contribution is -2.30. The Balaban J connectivity index is 1.75. The molecule has 0 aliphatic heterocycles. The fraction of sp³-hybridized carbons (Fsp3) is 0.625. The van der Waals surface area contributed by atoms with Gasteiger partial charge in [-0.1, -0.05) is 0 Å². The van der Waals surface area contributed by atoms with Crippen molar-refractivity contribution in [1.82, 2.24) is 20.3 Å². The van der Waals surface area contributed by atoms with Crippen LogP contribution in [0.25, 0.3) is 0 Å². The Labute approximate surface area is 81.5 Å². The summed E-state index contributed by atoms with van der Waals surface area (Å²) in [4.78, 5) is 12.6. The van der Waals surface area contributed by atoms with Crippen molar-refractivity contribution in [2.24, 2.45) is 5.92 Å². The number of carbonyl (C=O) groups excluding carboxylic acids is 1. The van der Waals surface area contributed by atoms with E-state index in [9.17, 15) is 4.79 Å². The molecule has 1 aromatic rings. The van der Waals surface area contributed by atoms with Crippen LogP contribution in [0.5, 0.6) is 0 Å². The van der Waals surface area contributed by atoms with Gasteiger partial charge in [0.1, 0.15) is 6.54 Å². The third kappa shape index (κ3) is 2.45. The summed E-state index contributed by atoms with van der Waals surface area (Å²) >= 11 is 0. The Kier molecular flexibility index (Phi) is 2.34. The van der Waals surface area contributed by atoms with Gasteiger partial charge in [0.05, 0.1) is 6.20 Å². The number of carbonyl (C=O) groups is 1. The fourth-order valence-corrected chi connectivity index (χ4v) is 1.15. The molecule has 3 N–H and O–H groups in total. The van der Waals surface area contributed by atoms with Gasteiger partial charge in [0.15, 0.2) is 5.82 Å². The monoisotopic (exact) mass is 195 g/mol. The zero-order valence-corrected chi connectivity index (χ0v) is 7.81. The molecular weight excluding hydrogens is 182 g/mol. The van der Waals surface area contributed by atoms with Crippen LogP contribution >= 0.6 is 0 Å². The van der Waals surface area contributed by atoms with Crippen molar-refractivity contribution in [2.45, 2.75) is 19.4 Å². The van der Waals surface area contributed by atoms with E-state index in [0.717, 1.165) is 6.54 Å². The van der Waals surface area contributed by atoms with Crippen molar-refractivity contribution in [3.8, 4) is 0 Å². The Morgan fingerprint density at radius 2 is 2.50 bits per heavy atom. The number of hydrogen-bond acceptors (Lipinski definition) is 4. The van der Waals surface area contributed by atoms with Crippen LogP contribution in [0.15, 0.2) is 6.20 Å². The number of anilines is 1. The highest BCUT2D eigenvalue weighted by Crippen LogP contribution is 2.27. The van der Waals surface area contributed by atoms with Crippen molar-refractivity contribution in [3.63, 3.8) is 0 Å². The van der Waals surface area contributed by atoms with E-state index in [4.69, 9.17) is 5.73 Å². The van der Waals surface area contributed by atoms with Crippen LogP contribution < -0.4 is 11.1 Å². The van der Waals surface area contributed by atoms with Gasteiger partial charge in [-0.15, -0.1) is 5.10 Å². The number of nitrogens with zero attached hydrogens (tertiary/aromatic N) is 3. The van der Waals surface area contributed by atoms with Gasteiger partial charge in [0.2, 0.25) is 5.91 Å². The lowest BCUT2D eigenvalue weighted by molar-refractivity contribution is -0.122. The molecule has 14 heavy (non-hydrogen) atoms. The van der Waals surface area contributed by atoms with Crippen LogP contribution in [0.2, 0.25) is 0 Å². The topological polar surface area (TPSA) is 85.8 Å². The smallest absolute Gasteiger partial charge is 0.243 e. The van der Waals surface area contributed by atoms with E-state index in [1.165, 1.54) is 23.8 Å². The molecule has 1 aliphatic carbocycles. The molecular formula is C8H13N5O. The Bertz CT molecular complexity index is 330. The van der Waals surface area contributed by atoms with Crippen LogP contribution in [0.3, 0.4) is 0 Å². The summed E-state index contributed by atoms with van der Waals surface area (Å²) in [6.45, 7) is 0.916. The van der Waals surface area contributed by atoms with E-state index in [1.54, 1.807) is 0 Å². The lowest BCUT2D eigenvalue weighted by Gasteiger charge is -2.02. The number of amides is 1. The normalized spacial score (nSPS) is 15.4. The van der Waals surface area contributed by atoms with E-state index in [2.05, 4.69) is 15.5 Å². The molecule has 6 heteroatoms. The average molecular weight is 195 g/mol. The van der Waals surface area contributed by atoms with E-state index in [-0.39, 0.29) is 12.5 Å². The Morgan fingerprint density at radius 3 is 3.07 bits per heavy atom. The van der Waals surface area contributed by atoms with Crippen LogP contribution in [0.1, 0.15) is 12.8 Å².